The van der Waals surface area contributed by atoms with Gasteiger partial charge >= 0.3 is 0 Å². The highest BCUT2D eigenvalue weighted by molar-refractivity contribution is 7.92. The molecule has 0 radical (unpaired) electrons. The first kappa shape index (κ1) is 19.6. The third kappa shape index (κ3) is 3.78. The predicted molar refractivity (Wildman–Crippen MR) is 109 cm³/mol. The monoisotopic (exact) mass is 388 g/mol. The Morgan fingerprint density at radius 2 is 1.85 bits per heavy atom. The fourth-order valence-electron chi connectivity index (χ4n) is 3.41. The molecule has 2 N–H and O–H groups in total. The van der Waals surface area contributed by atoms with Crippen LogP contribution in [0.1, 0.15) is 58.4 Å². The minimum Gasteiger partial charge on any atom is -0.368 e. The molecule has 146 valence electrons. The Bertz CT molecular complexity index is 921. The lowest BCUT2D eigenvalue weighted by Crippen LogP contribution is -2.29. The maximum absolute atomic E-state index is 12.7. The van der Waals surface area contributed by atoms with Gasteiger partial charge in [-0.15, -0.1) is 0 Å². The molecule has 0 amide bonds. The Morgan fingerprint density at radius 3 is 2.37 bits per heavy atom. The van der Waals surface area contributed by atoms with E-state index in [1.807, 2.05) is 18.2 Å². The molecule has 3 rings (SSSR count). The summed E-state index contributed by atoms with van der Waals surface area (Å²) in [4.78, 5) is 10.9. The van der Waals surface area contributed by atoms with Crippen LogP contribution in [0.25, 0.3) is 0 Å². The van der Waals surface area contributed by atoms with E-state index < -0.39 is 15.1 Å². The molecule has 1 fully saturated rings. The summed E-state index contributed by atoms with van der Waals surface area (Å²) in [6, 6.07) is 7.47. The van der Waals surface area contributed by atoms with E-state index >= 15 is 0 Å². The zero-order chi connectivity index (χ0) is 19.8. The van der Waals surface area contributed by atoms with E-state index in [1.54, 1.807) is 26.1 Å². The summed E-state index contributed by atoms with van der Waals surface area (Å²) in [6.07, 6.45) is 4.98. The molecule has 27 heavy (non-hydrogen) atoms. The molecule has 1 aromatic heterocycles. The van der Waals surface area contributed by atoms with Crippen molar-refractivity contribution in [3.05, 3.63) is 36.0 Å². The number of hydrogen-bond acceptors (Lipinski definition) is 6. The molecule has 7 heteroatoms. The topological polar surface area (TPSA) is 89.2 Å². The molecule has 0 unspecified atom stereocenters. The van der Waals surface area contributed by atoms with Crippen molar-refractivity contribution in [2.75, 3.05) is 10.6 Å². The lowest BCUT2D eigenvalue weighted by atomic mass is 9.79. The van der Waals surface area contributed by atoms with Crippen molar-refractivity contribution in [3.63, 3.8) is 0 Å². The standard InChI is InChI=1S/C20H28N4O2S/c1-13(2)24(19-10-11-22-20(21)23-19)18-9-8-16(27(25,26)14(3)4)12-17(18)15-6-5-7-15/h8-15H,5-7H2,1-4H3,(H2,21,22,23). The zero-order valence-electron chi connectivity index (χ0n) is 16.4. The van der Waals surface area contributed by atoms with Crippen LogP contribution in [-0.2, 0) is 9.84 Å². The smallest absolute Gasteiger partial charge is 0.221 e. The van der Waals surface area contributed by atoms with E-state index in [2.05, 4.69) is 28.7 Å². The van der Waals surface area contributed by atoms with Crippen LogP contribution in [0, 0.1) is 0 Å². The Balaban J connectivity index is 2.15. The summed E-state index contributed by atoms with van der Waals surface area (Å²) in [7, 11) is -3.32. The first-order valence-corrected chi connectivity index (χ1v) is 11.0. The fourth-order valence-corrected chi connectivity index (χ4v) is 4.50. The molecule has 1 aliphatic carbocycles. The summed E-state index contributed by atoms with van der Waals surface area (Å²) in [6.45, 7) is 7.61. The van der Waals surface area contributed by atoms with Crippen molar-refractivity contribution in [2.24, 2.45) is 0 Å². The van der Waals surface area contributed by atoms with E-state index in [1.165, 1.54) is 6.42 Å². The molecule has 0 bridgehead atoms. The van der Waals surface area contributed by atoms with E-state index in [4.69, 9.17) is 5.73 Å². The van der Waals surface area contributed by atoms with Crippen molar-refractivity contribution >= 4 is 27.3 Å². The van der Waals surface area contributed by atoms with Crippen molar-refractivity contribution in [1.82, 2.24) is 9.97 Å². The molecular formula is C20H28N4O2S. The van der Waals surface area contributed by atoms with Crippen molar-refractivity contribution < 1.29 is 8.42 Å². The van der Waals surface area contributed by atoms with E-state index in [0.29, 0.717) is 10.8 Å². The molecule has 6 nitrogen and oxygen atoms in total. The third-order valence-corrected chi connectivity index (χ3v) is 7.33. The third-order valence-electron chi connectivity index (χ3n) is 5.18. The number of rotatable bonds is 6. The van der Waals surface area contributed by atoms with Crippen molar-refractivity contribution in [2.45, 2.75) is 69.1 Å². The van der Waals surface area contributed by atoms with Gasteiger partial charge in [-0.25, -0.2) is 13.4 Å². The Morgan fingerprint density at radius 1 is 1.15 bits per heavy atom. The number of nitrogen functional groups attached to an aromatic ring is 1. The van der Waals surface area contributed by atoms with Gasteiger partial charge in [0.15, 0.2) is 9.84 Å². The Labute approximate surface area is 161 Å². The summed E-state index contributed by atoms with van der Waals surface area (Å²) in [5.74, 6) is 1.32. The second kappa shape index (κ2) is 7.46. The van der Waals surface area contributed by atoms with Crippen LogP contribution < -0.4 is 10.6 Å². The van der Waals surface area contributed by atoms with Gasteiger partial charge in [0.25, 0.3) is 0 Å². The van der Waals surface area contributed by atoms with Gasteiger partial charge in [0.05, 0.1) is 10.1 Å². The maximum Gasteiger partial charge on any atom is 0.221 e. The molecule has 0 spiro atoms. The molecular weight excluding hydrogens is 360 g/mol. The summed E-state index contributed by atoms with van der Waals surface area (Å²) in [5.41, 5.74) is 7.87. The van der Waals surface area contributed by atoms with Crippen LogP contribution in [0.15, 0.2) is 35.4 Å². The van der Waals surface area contributed by atoms with Gasteiger partial charge in [-0.1, -0.05) is 6.42 Å². The second-order valence-corrected chi connectivity index (χ2v) is 10.2. The normalized spacial score (nSPS) is 15.2. The van der Waals surface area contributed by atoms with Crippen LogP contribution in [-0.4, -0.2) is 29.7 Å². The van der Waals surface area contributed by atoms with Gasteiger partial charge in [-0.05, 0) is 76.3 Å². The highest BCUT2D eigenvalue weighted by Gasteiger charge is 2.29. The molecule has 1 aliphatic rings. The minimum atomic E-state index is -3.32. The number of benzene rings is 1. The van der Waals surface area contributed by atoms with Crippen LogP contribution in [0.2, 0.25) is 0 Å². The molecule has 0 aliphatic heterocycles. The predicted octanol–water partition coefficient (Wildman–Crippen LogP) is 4.05. The number of anilines is 3. The summed E-state index contributed by atoms with van der Waals surface area (Å²) < 4.78 is 25.4. The molecule has 1 aromatic carbocycles. The number of hydrogen-bond donors (Lipinski definition) is 1. The summed E-state index contributed by atoms with van der Waals surface area (Å²) in [5, 5.41) is -0.444. The largest absolute Gasteiger partial charge is 0.368 e. The first-order valence-electron chi connectivity index (χ1n) is 9.47. The van der Waals surface area contributed by atoms with Crippen LogP contribution in [0.3, 0.4) is 0 Å². The average Bonchev–Trinajstić information content (AvgIpc) is 2.54. The highest BCUT2D eigenvalue weighted by Crippen LogP contribution is 2.44. The molecule has 1 heterocycles. The Kier molecular flexibility index (Phi) is 5.42. The van der Waals surface area contributed by atoms with Gasteiger partial charge in [0.1, 0.15) is 5.82 Å². The van der Waals surface area contributed by atoms with Crippen LogP contribution in [0.5, 0.6) is 0 Å². The number of nitrogens with two attached hydrogens (primary N) is 1. The van der Waals surface area contributed by atoms with Gasteiger partial charge in [-0.3, -0.25) is 0 Å². The lowest BCUT2D eigenvalue weighted by molar-refractivity contribution is 0.419. The summed E-state index contributed by atoms with van der Waals surface area (Å²) >= 11 is 0. The average molecular weight is 389 g/mol. The first-order chi connectivity index (χ1) is 12.7. The number of sulfone groups is 1. The zero-order valence-corrected chi connectivity index (χ0v) is 17.2. The SMILES string of the molecule is CC(C)N(c1ccnc(N)n1)c1ccc(S(=O)(=O)C(C)C)cc1C1CCC1. The number of nitrogens with zero attached hydrogens (tertiary/aromatic N) is 3. The quantitative estimate of drug-likeness (QED) is 0.803. The van der Waals surface area contributed by atoms with E-state index in [9.17, 15) is 8.42 Å². The molecule has 1 saturated carbocycles. The molecule has 0 saturated heterocycles. The fraction of sp³-hybridized carbons (Fsp3) is 0.500. The van der Waals surface area contributed by atoms with Gasteiger partial charge in [0.2, 0.25) is 5.95 Å². The van der Waals surface area contributed by atoms with Crippen molar-refractivity contribution in [3.8, 4) is 0 Å². The van der Waals surface area contributed by atoms with Gasteiger partial charge in [0, 0.05) is 17.9 Å². The van der Waals surface area contributed by atoms with Crippen LogP contribution >= 0.6 is 0 Å². The molecule has 2 aromatic rings. The van der Waals surface area contributed by atoms with Crippen LogP contribution in [0.4, 0.5) is 17.5 Å². The second-order valence-electron chi connectivity index (χ2n) is 7.68. The molecule has 0 atom stereocenters. The van der Waals surface area contributed by atoms with Gasteiger partial charge in [-0.2, -0.15) is 4.98 Å². The maximum atomic E-state index is 12.7. The highest BCUT2D eigenvalue weighted by atomic mass is 32.2. The number of aromatic nitrogens is 2. The van der Waals surface area contributed by atoms with Crippen molar-refractivity contribution in [1.29, 1.82) is 0 Å². The minimum absolute atomic E-state index is 0.130. The lowest BCUT2D eigenvalue weighted by Gasteiger charge is -2.35. The van der Waals surface area contributed by atoms with E-state index in [0.717, 1.165) is 29.9 Å². The van der Waals surface area contributed by atoms with E-state index in [-0.39, 0.29) is 12.0 Å². The van der Waals surface area contributed by atoms with Gasteiger partial charge < -0.3 is 10.6 Å². The Hall–Kier alpha value is -2.15.